The quantitative estimate of drug-likeness (QED) is 0.514. The Hall–Kier alpha value is -2.48. The van der Waals surface area contributed by atoms with Crippen molar-refractivity contribution in [1.29, 1.82) is 0 Å². The average molecular weight is 398 g/mol. The Labute approximate surface area is 165 Å². The number of nitrogens with zero attached hydrogens (tertiary/aromatic N) is 2. The Morgan fingerprint density at radius 3 is 2.74 bits per heavy atom. The first-order chi connectivity index (χ1) is 13.1. The van der Waals surface area contributed by atoms with E-state index in [1.807, 2.05) is 61.5 Å². The lowest BCUT2D eigenvalue weighted by molar-refractivity contribution is 0.0943. The van der Waals surface area contributed by atoms with Gasteiger partial charge in [-0.25, -0.2) is 4.98 Å². The van der Waals surface area contributed by atoms with Gasteiger partial charge in [-0.1, -0.05) is 12.1 Å². The summed E-state index contributed by atoms with van der Waals surface area (Å²) >= 11 is 3.11. The first-order valence-electron chi connectivity index (χ1n) is 8.55. The number of carbonyl (C=O) groups excluding carboxylic acids is 1. The Bertz CT molecular complexity index is 1020. The van der Waals surface area contributed by atoms with Gasteiger partial charge in [0.05, 0.1) is 32.3 Å². The van der Waals surface area contributed by atoms with Crippen LogP contribution < -0.4 is 5.32 Å². The van der Waals surface area contributed by atoms with Gasteiger partial charge in [-0.3, -0.25) is 9.69 Å². The largest absolute Gasteiger partial charge is 0.468 e. The number of hydrogen-bond donors (Lipinski definition) is 1. The molecule has 3 heterocycles. The molecule has 3 aromatic heterocycles. The lowest BCUT2D eigenvalue weighted by Crippen LogP contribution is -2.34. The molecule has 0 aliphatic heterocycles. The second kappa shape index (κ2) is 7.64. The van der Waals surface area contributed by atoms with Crippen LogP contribution in [0, 0.1) is 0 Å². The van der Waals surface area contributed by atoms with Gasteiger partial charge >= 0.3 is 0 Å². The molecule has 1 aromatic carbocycles. The van der Waals surface area contributed by atoms with Gasteiger partial charge in [-0.2, -0.15) is 0 Å². The topological polar surface area (TPSA) is 58.4 Å². The molecule has 0 radical (unpaired) electrons. The maximum absolute atomic E-state index is 12.6. The fourth-order valence-electron chi connectivity index (χ4n) is 2.85. The van der Waals surface area contributed by atoms with Crippen LogP contribution in [-0.4, -0.2) is 36.4 Å². The molecular formula is C20H19N3O2S2. The van der Waals surface area contributed by atoms with E-state index in [4.69, 9.17) is 4.42 Å². The molecule has 1 unspecified atom stereocenters. The number of thiophene rings is 1. The smallest absolute Gasteiger partial charge is 0.261 e. The summed E-state index contributed by atoms with van der Waals surface area (Å²) in [6.45, 7) is 0.480. The van der Waals surface area contributed by atoms with Crippen LogP contribution in [0.2, 0.25) is 0 Å². The summed E-state index contributed by atoms with van der Waals surface area (Å²) in [7, 11) is 3.94. The van der Waals surface area contributed by atoms with Gasteiger partial charge in [0, 0.05) is 6.54 Å². The number of rotatable bonds is 6. The van der Waals surface area contributed by atoms with Crippen molar-refractivity contribution in [2.75, 3.05) is 20.6 Å². The van der Waals surface area contributed by atoms with E-state index in [2.05, 4.69) is 16.4 Å². The Balaban J connectivity index is 1.47. The minimum Gasteiger partial charge on any atom is -0.468 e. The molecule has 5 nitrogen and oxygen atoms in total. The summed E-state index contributed by atoms with van der Waals surface area (Å²) in [5.41, 5.74) is 0.990. The summed E-state index contributed by atoms with van der Waals surface area (Å²) in [6, 6.07) is 15.7. The molecule has 1 amide bonds. The highest BCUT2D eigenvalue weighted by Gasteiger charge is 2.19. The second-order valence-electron chi connectivity index (χ2n) is 6.36. The Kier molecular flexibility index (Phi) is 5.07. The molecule has 0 fully saturated rings. The first kappa shape index (κ1) is 17.9. The van der Waals surface area contributed by atoms with Crippen molar-refractivity contribution in [3.05, 3.63) is 65.4 Å². The third-order valence-electron chi connectivity index (χ3n) is 4.29. The van der Waals surface area contributed by atoms with Crippen molar-refractivity contribution in [2.45, 2.75) is 6.04 Å². The standard InChI is InChI=1S/C20H19N3O2S2/c1-23(2)14(15-7-5-11-25-15)12-21-19(24)17-9-10-18(26-17)20-22-13-6-3-4-8-16(13)27-20/h3-11,14H,12H2,1-2H3,(H,21,24). The van der Waals surface area contributed by atoms with Crippen molar-refractivity contribution >= 4 is 38.8 Å². The molecule has 7 heteroatoms. The molecule has 0 aliphatic carbocycles. The van der Waals surface area contributed by atoms with Gasteiger partial charge in [-0.15, -0.1) is 22.7 Å². The summed E-state index contributed by atoms with van der Waals surface area (Å²) in [5.74, 6) is 0.757. The van der Waals surface area contributed by atoms with Crippen LogP contribution >= 0.6 is 22.7 Å². The number of amides is 1. The van der Waals surface area contributed by atoms with Gasteiger partial charge in [0.25, 0.3) is 5.91 Å². The Morgan fingerprint density at radius 2 is 2.00 bits per heavy atom. The number of aromatic nitrogens is 1. The zero-order valence-electron chi connectivity index (χ0n) is 15.0. The van der Waals surface area contributed by atoms with Gasteiger partial charge < -0.3 is 9.73 Å². The number of fused-ring (bicyclic) bond motifs is 1. The van der Waals surface area contributed by atoms with Gasteiger partial charge in [-0.05, 0) is 50.5 Å². The van der Waals surface area contributed by atoms with Crippen molar-refractivity contribution < 1.29 is 9.21 Å². The minimum absolute atomic E-state index is 0.00681. The van der Waals surface area contributed by atoms with E-state index in [0.717, 1.165) is 25.9 Å². The number of carbonyl (C=O) groups is 1. The lowest BCUT2D eigenvalue weighted by Gasteiger charge is -2.22. The first-order valence-corrected chi connectivity index (χ1v) is 10.2. The molecular weight excluding hydrogens is 378 g/mol. The van der Waals surface area contributed by atoms with E-state index in [0.29, 0.717) is 11.4 Å². The van der Waals surface area contributed by atoms with Crippen molar-refractivity contribution in [1.82, 2.24) is 15.2 Å². The second-order valence-corrected chi connectivity index (χ2v) is 8.47. The average Bonchev–Trinajstić information content (AvgIpc) is 3.40. The van der Waals surface area contributed by atoms with Gasteiger partial charge in [0.2, 0.25) is 0 Å². The SMILES string of the molecule is CN(C)C(CNC(=O)c1ccc(-c2nc3ccccc3s2)s1)c1ccco1. The lowest BCUT2D eigenvalue weighted by atomic mass is 10.2. The van der Waals surface area contributed by atoms with Crippen LogP contribution in [-0.2, 0) is 0 Å². The molecule has 0 saturated carbocycles. The summed E-state index contributed by atoms with van der Waals surface area (Å²) in [4.78, 5) is 21.0. The maximum Gasteiger partial charge on any atom is 0.261 e. The van der Waals surface area contributed by atoms with E-state index in [1.165, 1.54) is 11.3 Å². The summed E-state index contributed by atoms with van der Waals surface area (Å²) in [6.07, 6.45) is 1.65. The molecule has 1 atom stereocenters. The van der Waals surface area contributed by atoms with Crippen molar-refractivity contribution in [3.63, 3.8) is 0 Å². The minimum atomic E-state index is -0.0780. The predicted octanol–water partition coefficient (Wildman–Crippen LogP) is 4.65. The zero-order valence-corrected chi connectivity index (χ0v) is 16.6. The van der Waals surface area contributed by atoms with Crippen LogP contribution in [0.25, 0.3) is 20.1 Å². The fraction of sp³-hybridized carbons (Fsp3) is 0.200. The fourth-order valence-corrected chi connectivity index (χ4v) is 4.79. The van der Waals surface area contributed by atoms with E-state index < -0.39 is 0 Å². The summed E-state index contributed by atoms with van der Waals surface area (Å²) < 4.78 is 6.64. The van der Waals surface area contributed by atoms with Crippen LogP contribution in [0.4, 0.5) is 0 Å². The summed E-state index contributed by atoms with van der Waals surface area (Å²) in [5, 5.41) is 3.96. The highest BCUT2D eigenvalue weighted by Crippen LogP contribution is 2.34. The van der Waals surface area contributed by atoms with E-state index in [9.17, 15) is 4.79 Å². The molecule has 0 aliphatic rings. The number of thiazole rings is 1. The number of benzene rings is 1. The number of likely N-dealkylation sites (N-methyl/N-ethyl adjacent to an activating group) is 1. The van der Waals surface area contributed by atoms with Crippen LogP contribution in [0.3, 0.4) is 0 Å². The van der Waals surface area contributed by atoms with Crippen molar-refractivity contribution in [2.24, 2.45) is 0 Å². The number of hydrogen-bond acceptors (Lipinski definition) is 6. The van der Waals surface area contributed by atoms with Crippen LogP contribution in [0.5, 0.6) is 0 Å². The Morgan fingerprint density at radius 1 is 1.15 bits per heavy atom. The van der Waals surface area contributed by atoms with E-state index in [-0.39, 0.29) is 11.9 Å². The predicted molar refractivity (Wildman–Crippen MR) is 110 cm³/mol. The van der Waals surface area contributed by atoms with Crippen LogP contribution in [0.15, 0.2) is 59.2 Å². The monoisotopic (exact) mass is 397 g/mol. The number of para-hydroxylation sites is 1. The number of furan rings is 1. The third-order valence-corrected chi connectivity index (χ3v) is 6.58. The van der Waals surface area contributed by atoms with Gasteiger partial charge in [0.1, 0.15) is 10.8 Å². The third kappa shape index (κ3) is 3.80. The van der Waals surface area contributed by atoms with Crippen molar-refractivity contribution in [3.8, 4) is 9.88 Å². The molecule has 0 saturated heterocycles. The zero-order chi connectivity index (χ0) is 18.8. The molecule has 4 aromatic rings. The molecule has 1 N–H and O–H groups in total. The maximum atomic E-state index is 12.6. The molecule has 27 heavy (non-hydrogen) atoms. The molecule has 0 spiro atoms. The normalized spacial score (nSPS) is 12.6. The highest BCUT2D eigenvalue weighted by atomic mass is 32.1. The van der Waals surface area contributed by atoms with Crippen LogP contribution in [0.1, 0.15) is 21.5 Å². The van der Waals surface area contributed by atoms with Gasteiger partial charge in [0.15, 0.2) is 0 Å². The van der Waals surface area contributed by atoms with E-state index >= 15 is 0 Å². The molecule has 0 bridgehead atoms. The highest BCUT2D eigenvalue weighted by molar-refractivity contribution is 7.26. The number of nitrogens with one attached hydrogen (secondary N) is 1. The molecule has 138 valence electrons. The van der Waals surface area contributed by atoms with E-state index in [1.54, 1.807) is 17.6 Å². The molecule has 4 rings (SSSR count).